The summed E-state index contributed by atoms with van der Waals surface area (Å²) in [6, 6.07) is 19.8. The number of benzene rings is 2. The number of fused-ring (bicyclic) bond motifs is 1. The molecule has 1 aliphatic rings. The topological polar surface area (TPSA) is 77.6 Å². The maximum Gasteiger partial charge on any atom is 0.269 e. The second-order valence-electron chi connectivity index (χ2n) is 5.51. The molecule has 2 heterocycles. The first-order chi connectivity index (χ1) is 12.7. The first kappa shape index (κ1) is 16.3. The molecule has 1 unspecified atom stereocenters. The standard InChI is InChI=1S/C19H13N3O3S/c23-22(24)14-10-8-13(9-11-14)17-19(26-15-5-2-1-3-6-15)25-16-7-4-12-20-18(16)21-17/h1-12,19H. The molecule has 7 heteroatoms. The minimum atomic E-state index is -0.421. The van der Waals surface area contributed by atoms with E-state index in [1.807, 2.05) is 36.4 Å². The second-order valence-corrected chi connectivity index (χ2v) is 6.64. The lowest BCUT2D eigenvalue weighted by atomic mass is 10.1. The molecule has 0 bridgehead atoms. The van der Waals surface area contributed by atoms with Gasteiger partial charge in [-0.15, -0.1) is 0 Å². The van der Waals surface area contributed by atoms with Crippen LogP contribution in [0.15, 0.2) is 82.8 Å². The number of aliphatic imine (C=N–C) groups is 1. The molecule has 26 heavy (non-hydrogen) atoms. The molecule has 6 nitrogen and oxygen atoms in total. The van der Waals surface area contributed by atoms with Gasteiger partial charge >= 0.3 is 0 Å². The van der Waals surface area contributed by atoms with Gasteiger partial charge in [0.15, 0.2) is 17.0 Å². The van der Waals surface area contributed by atoms with Crippen LogP contribution in [0.5, 0.6) is 5.75 Å². The van der Waals surface area contributed by atoms with Gasteiger partial charge in [0.05, 0.1) is 4.92 Å². The lowest BCUT2D eigenvalue weighted by Gasteiger charge is -2.25. The first-order valence-corrected chi connectivity index (χ1v) is 8.75. The highest BCUT2D eigenvalue weighted by atomic mass is 32.2. The Labute approximate surface area is 153 Å². The molecule has 0 fully saturated rings. The van der Waals surface area contributed by atoms with Crippen LogP contribution >= 0.6 is 11.8 Å². The van der Waals surface area contributed by atoms with Gasteiger partial charge in [-0.25, -0.2) is 9.98 Å². The predicted octanol–water partition coefficient (Wildman–Crippen LogP) is 4.62. The van der Waals surface area contributed by atoms with E-state index in [-0.39, 0.29) is 11.1 Å². The minimum absolute atomic E-state index is 0.0388. The number of nitro benzene ring substituents is 1. The Bertz CT molecular complexity index is 975. The molecule has 128 valence electrons. The van der Waals surface area contributed by atoms with E-state index in [9.17, 15) is 10.1 Å². The predicted molar refractivity (Wildman–Crippen MR) is 100 cm³/mol. The highest BCUT2D eigenvalue weighted by Gasteiger charge is 2.27. The van der Waals surface area contributed by atoms with Crippen molar-refractivity contribution in [2.75, 3.05) is 0 Å². The van der Waals surface area contributed by atoms with Gasteiger partial charge in [0, 0.05) is 28.8 Å². The largest absolute Gasteiger partial charge is 0.469 e. The fraction of sp³-hybridized carbons (Fsp3) is 0.0526. The van der Waals surface area contributed by atoms with Crippen molar-refractivity contribution in [3.05, 3.63) is 88.6 Å². The zero-order valence-corrected chi connectivity index (χ0v) is 14.3. The van der Waals surface area contributed by atoms with Crippen LogP contribution in [0.2, 0.25) is 0 Å². The summed E-state index contributed by atoms with van der Waals surface area (Å²) in [5.74, 6) is 1.12. The highest BCUT2D eigenvalue weighted by molar-refractivity contribution is 8.00. The van der Waals surface area contributed by atoms with Crippen molar-refractivity contribution in [1.29, 1.82) is 0 Å². The van der Waals surface area contributed by atoms with Crippen LogP contribution in [0.4, 0.5) is 11.5 Å². The zero-order valence-electron chi connectivity index (χ0n) is 13.5. The number of rotatable bonds is 4. The molecule has 0 aliphatic carbocycles. The van der Waals surface area contributed by atoms with Gasteiger partial charge in [0.1, 0.15) is 5.71 Å². The van der Waals surface area contributed by atoms with Crippen molar-refractivity contribution in [2.45, 2.75) is 10.3 Å². The third-order valence-corrected chi connectivity index (χ3v) is 4.87. The highest BCUT2D eigenvalue weighted by Crippen LogP contribution is 2.37. The number of aromatic nitrogens is 1. The van der Waals surface area contributed by atoms with E-state index in [0.717, 1.165) is 10.5 Å². The van der Waals surface area contributed by atoms with Crippen LogP contribution in [0.3, 0.4) is 0 Å². The Morgan fingerprint density at radius 2 is 1.77 bits per heavy atom. The van der Waals surface area contributed by atoms with Crippen molar-refractivity contribution >= 4 is 29.0 Å². The van der Waals surface area contributed by atoms with Crippen LogP contribution in [-0.4, -0.2) is 21.1 Å². The molecule has 1 atom stereocenters. The van der Waals surface area contributed by atoms with Crippen LogP contribution < -0.4 is 4.74 Å². The molecule has 1 aromatic heterocycles. The first-order valence-electron chi connectivity index (χ1n) is 7.87. The van der Waals surface area contributed by atoms with Gasteiger partial charge in [-0.05, 0) is 36.4 Å². The summed E-state index contributed by atoms with van der Waals surface area (Å²) in [5.41, 5.74) is 1.10. The number of nitrogens with zero attached hydrogens (tertiary/aromatic N) is 3. The van der Waals surface area contributed by atoms with Gasteiger partial charge in [0.25, 0.3) is 5.69 Å². The number of non-ortho nitro benzene ring substituents is 1. The van der Waals surface area contributed by atoms with E-state index in [1.54, 1.807) is 24.4 Å². The lowest BCUT2D eigenvalue weighted by molar-refractivity contribution is -0.384. The quantitative estimate of drug-likeness (QED) is 0.499. The Balaban J connectivity index is 1.73. The Kier molecular flexibility index (Phi) is 4.37. The summed E-state index contributed by atoms with van der Waals surface area (Å²) >= 11 is 1.53. The maximum absolute atomic E-state index is 10.9. The molecule has 4 rings (SSSR count). The van der Waals surface area contributed by atoms with Crippen LogP contribution in [0.1, 0.15) is 5.56 Å². The van der Waals surface area contributed by atoms with Gasteiger partial charge in [-0.3, -0.25) is 10.1 Å². The fourth-order valence-corrected chi connectivity index (χ4v) is 3.57. The number of pyridine rings is 1. The molecule has 0 N–H and O–H groups in total. The average molecular weight is 363 g/mol. The average Bonchev–Trinajstić information content (AvgIpc) is 2.68. The second kappa shape index (κ2) is 6.97. The van der Waals surface area contributed by atoms with Gasteiger partial charge in [-0.1, -0.05) is 30.0 Å². The number of hydrogen-bond donors (Lipinski definition) is 0. The smallest absolute Gasteiger partial charge is 0.269 e. The van der Waals surface area contributed by atoms with Crippen molar-refractivity contribution in [1.82, 2.24) is 4.98 Å². The summed E-state index contributed by atoms with van der Waals surface area (Å²) < 4.78 is 6.12. The van der Waals surface area contributed by atoms with Crippen molar-refractivity contribution < 1.29 is 9.66 Å². The summed E-state index contributed by atoms with van der Waals surface area (Å²) in [6.07, 6.45) is 1.66. The maximum atomic E-state index is 10.9. The van der Waals surface area contributed by atoms with Crippen LogP contribution in [0.25, 0.3) is 0 Å². The Morgan fingerprint density at radius 3 is 2.50 bits per heavy atom. The number of hydrogen-bond acceptors (Lipinski definition) is 6. The molecule has 3 aromatic rings. The third kappa shape index (κ3) is 3.29. The fourth-order valence-electron chi connectivity index (χ4n) is 2.55. The lowest BCUT2D eigenvalue weighted by Crippen LogP contribution is -2.27. The molecule has 0 saturated heterocycles. The molecule has 1 aliphatic heterocycles. The minimum Gasteiger partial charge on any atom is -0.469 e. The molecule has 0 saturated carbocycles. The number of nitro groups is 1. The summed E-state index contributed by atoms with van der Waals surface area (Å²) in [5, 5.41) is 10.9. The van der Waals surface area contributed by atoms with Gasteiger partial charge < -0.3 is 4.74 Å². The van der Waals surface area contributed by atoms with Crippen LogP contribution in [0, 0.1) is 10.1 Å². The molecular formula is C19H13N3O3S. The zero-order chi connectivity index (χ0) is 17.9. The summed E-state index contributed by atoms with van der Waals surface area (Å²) in [6.45, 7) is 0. The van der Waals surface area contributed by atoms with Crippen molar-refractivity contribution in [3.8, 4) is 5.75 Å². The Morgan fingerprint density at radius 1 is 1.00 bits per heavy atom. The van der Waals surface area contributed by atoms with E-state index in [2.05, 4.69) is 9.98 Å². The molecule has 0 radical (unpaired) electrons. The summed E-state index contributed by atoms with van der Waals surface area (Å²) in [4.78, 5) is 20.4. The van der Waals surface area contributed by atoms with Gasteiger partial charge in [0.2, 0.25) is 0 Å². The molecule has 0 amide bonds. The van der Waals surface area contributed by atoms with E-state index < -0.39 is 4.92 Å². The van der Waals surface area contributed by atoms with Crippen molar-refractivity contribution in [2.24, 2.45) is 4.99 Å². The van der Waals surface area contributed by atoms with Crippen LogP contribution in [-0.2, 0) is 0 Å². The normalized spacial score (nSPS) is 15.5. The molecule has 2 aromatic carbocycles. The number of thioether (sulfide) groups is 1. The van der Waals surface area contributed by atoms with E-state index >= 15 is 0 Å². The molecule has 0 spiro atoms. The van der Waals surface area contributed by atoms with Gasteiger partial charge in [-0.2, -0.15) is 0 Å². The third-order valence-electron chi connectivity index (χ3n) is 3.79. The number of ether oxygens (including phenoxy) is 1. The molecular weight excluding hydrogens is 350 g/mol. The van der Waals surface area contributed by atoms with E-state index in [4.69, 9.17) is 4.74 Å². The SMILES string of the molecule is O=[N+]([O-])c1ccc(C2=Nc3ncccc3OC2Sc2ccccc2)cc1. The van der Waals surface area contributed by atoms with E-state index in [0.29, 0.717) is 17.3 Å². The monoisotopic (exact) mass is 363 g/mol. The summed E-state index contributed by atoms with van der Waals surface area (Å²) in [7, 11) is 0. The van der Waals surface area contributed by atoms with E-state index in [1.165, 1.54) is 23.9 Å². The Hall–Kier alpha value is -3.19. The van der Waals surface area contributed by atoms with Crippen molar-refractivity contribution in [3.63, 3.8) is 0 Å².